The van der Waals surface area contributed by atoms with E-state index in [1.165, 1.54) is 0 Å². The van der Waals surface area contributed by atoms with Crippen LogP contribution in [-0.4, -0.2) is 22.2 Å². The minimum Gasteiger partial charge on any atom is -0.272 e. The summed E-state index contributed by atoms with van der Waals surface area (Å²) in [6, 6.07) is 39.7. The van der Waals surface area contributed by atoms with E-state index in [0.29, 0.717) is 5.29 Å². The Bertz CT molecular complexity index is 1250. The van der Waals surface area contributed by atoms with Gasteiger partial charge in [-0.2, -0.15) is 0 Å². The normalized spacial score (nSPS) is 14.0. The van der Waals surface area contributed by atoms with Crippen molar-refractivity contribution in [2.24, 2.45) is 0 Å². The average molecular weight is 465 g/mol. The number of rotatable bonds is 6. The van der Waals surface area contributed by atoms with Crippen molar-refractivity contribution in [1.29, 1.82) is 0 Å². The maximum atomic E-state index is 13.9. The number of nitrogens with zero attached hydrogens (tertiary/aromatic N) is 1. The molecule has 0 aromatic heterocycles. The fourth-order valence-corrected chi connectivity index (χ4v) is 8.93. The quantitative estimate of drug-likeness (QED) is 0.319. The molecule has 168 valence electrons. The topological polar surface area (TPSA) is 46.6 Å². The summed E-state index contributed by atoms with van der Waals surface area (Å²) in [5.74, 6) is -0.686. The van der Waals surface area contributed by atoms with Gasteiger partial charge in [0.2, 0.25) is 0 Å². The lowest BCUT2D eigenvalue weighted by atomic mass is 10.2. The van der Waals surface area contributed by atoms with Crippen LogP contribution in [0.4, 0.5) is 0 Å². The summed E-state index contributed by atoms with van der Waals surface area (Å²) in [6.07, 6.45) is 0.0279. The van der Waals surface area contributed by atoms with Crippen LogP contribution in [-0.2, 0) is 21.0 Å². The van der Waals surface area contributed by atoms with Gasteiger partial charge in [-0.25, -0.2) is 0 Å². The van der Waals surface area contributed by atoms with E-state index < -0.39 is 6.89 Å². The molecule has 4 aromatic carbocycles. The summed E-state index contributed by atoms with van der Waals surface area (Å²) >= 11 is 0. The fourth-order valence-electron chi connectivity index (χ4n) is 4.50. The molecule has 0 N–H and O–H groups in total. The van der Waals surface area contributed by atoms with Gasteiger partial charge in [-0.15, -0.1) is 5.06 Å². The molecule has 0 atom stereocenters. The lowest BCUT2D eigenvalue weighted by molar-refractivity contribution is -0.189. The molecule has 0 bridgehead atoms. The Morgan fingerprint density at radius 2 is 1.03 bits per heavy atom. The van der Waals surface area contributed by atoms with Gasteiger partial charge >= 0.3 is 0 Å². The molecule has 1 heterocycles. The molecule has 4 nitrogen and oxygen atoms in total. The van der Waals surface area contributed by atoms with Crippen molar-refractivity contribution in [2.45, 2.75) is 13.0 Å². The van der Waals surface area contributed by atoms with Crippen LogP contribution in [0.3, 0.4) is 0 Å². The zero-order valence-electron chi connectivity index (χ0n) is 18.6. The van der Waals surface area contributed by atoms with Crippen molar-refractivity contribution in [3.8, 4) is 0 Å². The van der Waals surface area contributed by atoms with Crippen molar-refractivity contribution in [3.05, 3.63) is 127 Å². The molecule has 0 spiro atoms. The molecule has 1 aliphatic heterocycles. The van der Waals surface area contributed by atoms with E-state index in [1.54, 1.807) is 0 Å². The van der Waals surface area contributed by atoms with Crippen molar-refractivity contribution in [1.82, 2.24) is 5.06 Å². The number of carbonyl (C=O) groups excluding carboxylic acids is 2. The first kappa shape index (κ1) is 22.1. The monoisotopic (exact) mass is 465 g/mol. The Labute approximate surface area is 199 Å². The average Bonchev–Trinajstić information content (AvgIpc) is 3.19. The van der Waals surface area contributed by atoms with E-state index in [-0.39, 0.29) is 24.8 Å². The number of carbonyl (C=O) groups is 2. The highest BCUT2D eigenvalue weighted by Crippen LogP contribution is 2.48. The molecule has 0 radical (unpaired) electrons. The van der Waals surface area contributed by atoms with Gasteiger partial charge in [0.15, 0.2) is 0 Å². The summed E-state index contributed by atoms with van der Waals surface area (Å²) in [5.41, 5.74) is 0.895. The van der Waals surface area contributed by atoms with Gasteiger partial charge in [0, 0.05) is 5.29 Å². The summed E-state index contributed by atoms with van der Waals surface area (Å²) in [5, 5.41) is 4.66. The Hall–Kier alpha value is -3.72. The van der Waals surface area contributed by atoms with Gasteiger partial charge < -0.3 is 0 Å². The standard InChI is InChI=1S/C29H24NO3P/c31-28-21-27(29(32)30(28)33-22-23-13-5-1-6-14-23)34(24-15-7-2-8-16-24,25-17-9-3-10-18-25)26-19-11-4-12-20-26/h1-20H,21-22H2. The lowest BCUT2D eigenvalue weighted by Crippen LogP contribution is -2.35. The van der Waals surface area contributed by atoms with E-state index in [2.05, 4.69) is 36.4 Å². The zero-order valence-corrected chi connectivity index (χ0v) is 19.5. The third kappa shape index (κ3) is 3.92. The minimum absolute atomic E-state index is 0.0279. The number of benzene rings is 4. The first-order valence-electron chi connectivity index (χ1n) is 11.2. The predicted octanol–water partition coefficient (Wildman–Crippen LogP) is 4.04. The number of hydrogen-bond acceptors (Lipinski definition) is 3. The number of amides is 2. The van der Waals surface area contributed by atoms with Gasteiger partial charge in [-0.05, 0) is 28.4 Å². The van der Waals surface area contributed by atoms with Crippen LogP contribution in [0.15, 0.2) is 121 Å². The zero-order chi connectivity index (χ0) is 23.4. The molecule has 0 saturated carbocycles. The van der Waals surface area contributed by atoms with Gasteiger partial charge in [-0.1, -0.05) is 121 Å². The predicted molar refractivity (Wildman–Crippen MR) is 138 cm³/mol. The van der Waals surface area contributed by atoms with E-state index in [1.807, 2.05) is 84.9 Å². The summed E-state index contributed by atoms with van der Waals surface area (Å²) in [4.78, 5) is 32.8. The molecule has 1 fully saturated rings. The van der Waals surface area contributed by atoms with Crippen molar-refractivity contribution in [2.75, 3.05) is 0 Å². The van der Waals surface area contributed by atoms with Gasteiger partial charge in [0.05, 0.1) is 6.42 Å². The van der Waals surface area contributed by atoms with Crippen LogP contribution in [0, 0.1) is 0 Å². The van der Waals surface area contributed by atoms with Crippen LogP contribution < -0.4 is 15.9 Å². The van der Waals surface area contributed by atoms with Gasteiger partial charge in [-0.3, -0.25) is 14.4 Å². The first-order chi connectivity index (χ1) is 16.7. The molecular formula is C29H24NO3P. The Morgan fingerprint density at radius 3 is 1.47 bits per heavy atom. The van der Waals surface area contributed by atoms with Crippen LogP contribution in [0.1, 0.15) is 12.0 Å². The van der Waals surface area contributed by atoms with Crippen LogP contribution in [0.25, 0.3) is 0 Å². The Morgan fingerprint density at radius 1 is 0.618 bits per heavy atom. The molecule has 5 rings (SSSR count). The summed E-state index contributed by atoms with van der Waals surface area (Å²) in [6.45, 7) is -2.45. The second-order valence-electron chi connectivity index (χ2n) is 8.05. The van der Waals surface area contributed by atoms with Crippen molar-refractivity contribution < 1.29 is 14.4 Å². The highest BCUT2D eigenvalue weighted by atomic mass is 31.2. The molecule has 2 amide bonds. The molecule has 0 aliphatic carbocycles. The maximum Gasteiger partial charge on any atom is 0.282 e. The number of hydrogen-bond donors (Lipinski definition) is 0. The summed E-state index contributed by atoms with van der Waals surface area (Å²) in [7, 11) is 0. The second kappa shape index (κ2) is 9.64. The van der Waals surface area contributed by atoms with Gasteiger partial charge in [0.1, 0.15) is 6.61 Å². The van der Waals surface area contributed by atoms with E-state index >= 15 is 0 Å². The molecule has 4 aromatic rings. The third-order valence-corrected chi connectivity index (χ3v) is 10.4. The van der Waals surface area contributed by atoms with Crippen LogP contribution >= 0.6 is 6.89 Å². The molecule has 1 saturated heterocycles. The number of imide groups is 1. The Balaban J connectivity index is 1.73. The molecular weight excluding hydrogens is 441 g/mol. The first-order valence-corrected chi connectivity index (χ1v) is 13.0. The second-order valence-corrected chi connectivity index (χ2v) is 11.5. The molecule has 0 unspecified atom stereocenters. The van der Waals surface area contributed by atoms with Gasteiger partial charge in [0.25, 0.3) is 11.8 Å². The molecule has 34 heavy (non-hydrogen) atoms. The number of hydroxylamine groups is 2. The van der Waals surface area contributed by atoms with Crippen LogP contribution in [0.2, 0.25) is 0 Å². The van der Waals surface area contributed by atoms with E-state index in [9.17, 15) is 9.59 Å². The third-order valence-electron chi connectivity index (χ3n) is 6.02. The maximum absolute atomic E-state index is 13.9. The van der Waals surface area contributed by atoms with Crippen molar-refractivity contribution >= 4 is 39.9 Å². The summed E-state index contributed by atoms with van der Waals surface area (Å²) < 4.78 is 0. The minimum atomic E-state index is -2.60. The van der Waals surface area contributed by atoms with E-state index in [0.717, 1.165) is 26.5 Å². The lowest BCUT2D eigenvalue weighted by Gasteiger charge is -2.30. The molecule has 1 aliphatic rings. The van der Waals surface area contributed by atoms with Crippen LogP contribution in [0.5, 0.6) is 0 Å². The molecule has 5 heteroatoms. The fraction of sp³-hybridized carbons (Fsp3) is 0.0690. The Kier molecular flexibility index (Phi) is 6.27. The smallest absolute Gasteiger partial charge is 0.272 e. The SMILES string of the molecule is O=C1CC(=P(c2ccccc2)(c2ccccc2)c2ccccc2)C(=O)N1OCc1ccccc1. The highest BCUT2D eigenvalue weighted by Gasteiger charge is 2.43. The van der Waals surface area contributed by atoms with E-state index in [4.69, 9.17) is 4.84 Å². The van der Waals surface area contributed by atoms with Crippen molar-refractivity contribution in [3.63, 3.8) is 0 Å². The highest BCUT2D eigenvalue weighted by molar-refractivity contribution is 7.96. The largest absolute Gasteiger partial charge is 0.282 e.